The van der Waals surface area contributed by atoms with Gasteiger partial charge in [-0.1, -0.05) is 29.8 Å². The predicted octanol–water partition coefficient (Wildman–Crippen LogP) is 2.10. The molecule has 0 aliphatic carbocycles. The molecule has 1 aromatic carbocycles. The van der Waals surface area contributed by atoms with Gasteiger partial charge in [0.2, 0.25) is 0 Å². The molecular weight excluding hydrogens is 226 g/mol. The smallest absolute Gasteiger partial charge is 0.135 e. The van der Waals surface area contributed by atoms with Crippen molar-refractivity contribution in [2.24, 2.45) is 0 Å². The summed E-state index contributed by atoms with van der Waals surface area (Å²) in [6.07, 6.45) is 0.684. The second kappa shape index (κ2) is 5.60. The molecule has 0 amide bonds. The maximum Gasteiger partial charge on any atom is 0.135 e. The zero-order valence-corrected chi connectivity index (χ0v) is 10.7. The number of aryl methyl sites for hydroxylation is 1. The Morgan fingerprint density at radius 1 is 1.22 bits per heavy atom. The fourth-order valence-electron chi connectivity index (χ4n) is 1.88. The van der Waals surface area contributed by atoms with E-state index in [4.69, 9.17) is 10.5 Å². The van der Waals surface area contributed by atoms with Crippen molar-refractivity contribution >= 4 is 5.82 Å². The Kier molecular flexibility index (Phi) is 3.89. The summed E-state index contributed by atoms with van der Waals surface area (Å²) in [7, 11) is 1.64. The topological polar surface area (TPSA) is 61.0 Å². The second-order valence-electron chi connectivity index (χ2n) is 4.30. The van der Waals surface area contributed by atoms with Crippen LogP contribution in [-0.2, 0) is 17.8 Å². The summed E-state index contributed by atoms with van der Waals surface area (Å²) in [6, 6.07) is 10.0. The molecule has 0 spiro atoms. The van der Waals surface area contributed by atoms with Crippen molar-refractivity contribution in [3.05, 3.63) is 53.0 Å². The fourth-order valence-corrected chi connectivity index (χ4v) is 1.88. The molecule has 0 aliphatic heterocycles. The van der Waals surface area contributed by atoms with Crippen molar-refractivity contribution in [2.45, 2.75) is 20.0 Å². The number of rotatable bonds is 4. The van der Waals surface area contributed by atoms with Gasteiger partial charge in [-0.15, -0.1) is 0 Å². The zero-order valence-electron chi connectivity index (χ0n) is 10.7. The van der Waals surface area contributed by atoms with E-state index in [1.807, 2.05) is 6.07 Å². The number of ether oxygens (including phenoxy) is 1. The molecule has 0 unspecified atom stereocenters. The molecule has 2 rings (SSSR count). The molecule has 4 nitrogen and oxygen atoms in total. The summed E-state index contributed by atoms with van der Waals surface area (Å²) in [5, 5.41) is 0. The lowest BCUT2D eigenvalue weighted by atomic mass is 10.1. The van der Waals surface area contributed by atoms with E-state index in [2.05, 4.69) is 35.1 Å². The highest BCUT2D eigenvalue weighted by molar-refractivity contribution is 5.32. The minimum absolute atomic E-state index is 0.452. The average molecular weight is 243 g/mol. The van der Waals surface area contributed by atoms with E-state index in [0.717, 1.165) is 11.5 Å². The van der Waals surface area contributed by atoms with Crippen molar-refractivity contribution in [3.63, 3.8) is 0 Å². The van der Waals surface area contributed by atoms with E-state index < -0.39 is 0 Å². The minimum atomic E-state index is 0.452. The minimum Gasteiger partial charge on any atom is -0.384 e. The summed E-state index contributed by atoms with van der Waals surface area (Å²) >= 11 is 0. The highest BCUT2D eigenvalue weighted by Gasteiger charge is 2.04. The first-order valence-electron chi connectivity index (χ1n) is 5.84. The number of benzene rings is 1. The Labute approximate surface area is 107 Å². The van der Waals surface area contributed by atoms with Gasteiger partial charge in [-0.05, 0) is 12.5 Å². The summed E-state index contributed by atoms with van der Waals surface area (Å²) < 4.78 is 5.06. The van der Waals surface area contributed by atoms with Crippen LogP contribution in [0.4, 0.5) is 5.82 Å². The van der Waals surface area contributed by atoms with E-state index in [-0.39, 0.29) is 0 Å². The van der Waals surface area contributed by atoms with E-state index in [9.17, 15) is 0 Å². The van der Waals surface area contributed by atoms with Gasteiger partial charge in [-0.2, -0.15) is 0 Å². The summed E-state index contributed by atoms with van der Waals surface area (Å²) in [5.41, 5.74) is 8.99. The molecule has 4 heteroatoms. The highest BCUT2D eigenvalue weighted by Crippen LogP contribution is 2.11. The van der Waals surface area contributed by atoms with Gasteiger partial charge in [0, 0.05) is 19.6 Å². The second-order valence-corrected chi connectivity index (χ2v) is 4.30. The van der Waals surface area contributed by atoms with Gasteiger partial charge in [0.15, 0.2) is 0 Å². The van der Waals surface area contributed by atoms with Crippen LogP contribution in [0.25, 0.3) is 0 Å². The lowest BCUT2D eigenvalue weighted by molar-refractivity contribution is 0.181. The van der Waals surface area contributed by atoms with Gasteiger partial charge in [0.05, 0.1) is 12.3 Å². The summed E-state index contributed by atoms with van der Waals surface area (Å²) in [5.74, 6) is 1.22. The Bertz CT molecular complexity index is 540. The molecule has 18 heavy (non-hydrogen) atoms. The highest BCUT2D eigenvalue weighted by atomic mass is 16.5. The SMILES string of the molecule is COCc1cc(N)nc(Cc2cccc(C)c2)n1. The molecular formula is C14H17N3O. The molecule has 2 aromatic rings. The molecule has 2 N–H and O–H groups in total. The molecule has 1 heterocycles. The summed E-state index contributed by atoms with van der Waals surface area (Å²) in [6.45, 7) is 2.52. The third-order valence-corrected chi connectivity index (χ3v) is 2.58. The number of nitrogens with two attached hydrogens (primary N) is 1. The van der Waals surface area contributed by atoms with Crippen LogP contribution in [0.2, 0.25) is 0 Å². The average Bonchev–Trinajstić information content (AvgIpc) is 2.28. The monoisotopic (exact) mass is 243 g/mol. The van der Waals surface area contributed by atoms with Crippen LogP contribution < -0.4 is 5.73 Å². The van der Waals surface area contributed by atoms with Crippen LogP contribution in [0.3, 0.4) is 0 Å². The van der Waals surface area contributed by atoms with Crippen LogP contribution in [0.15, 0.2) is 30.3 Å². The number of nitrogens with zero attached hydrogens (tertiary/aromatic N) is 2. The Hall–Kier alpha value is -1.94. The Morgan fingerprint density at radius 3 is 2.78 bits per heavy atom. The van der Waals surface area contributed by atoms with Crippen molar-refractivity contribution in [1.29, 1.82) is 0 Å². The Balaban J connectivity index is 2.23. The number of aromatic nitrogens is 2. The van der Waals surface area contributed by atoms with Gasteiger partial charge in [0.1, 0.15) is 11.6 Å². The lowest BCUT2D eigenvalue weighted by Gasteiger charge is -2.06. The maximum absolute atomic E-state index is 5.77. The van der Waals surface area contributed by atoms with Gasteiger partial charge in [-0.3, -0.25) is 0 Å². The van der Waals surface area contributed by atoms with E-state index in [1.54, 1.807) is 13.2 Å². The molecule has 0 radical (unpaired) electrons. The fraction of sp³-hybridized carbons (Fsp3) is 0.286. The molecule has 0 saturated heterocycles. The molecule has 0 saturated carbocycles. The predicted molar refractivity (Wildman–Crippen MR) is 71.1 cm³/mol. The zero-order chi connectivity index (χ0) is 13.0. The largest absolute Gasteiger partial charge is 0.384 e. The van der Waals surface area contributed by atoms with Crippen LogP contribution in [-0.4, -0.2) is 17.1 Å². The van der Waals surface area contributed by atoms with Gasteiger partial charge < -0.3 is 10.5 Å². The number of hydrogen-bond acceptors (Lipinski definition) is 4. The van der Waals surface area contributed by atoms with E-state index in [0.29, 0.717) is 18.8 Å². The van der Waals surface area contributed by atoms with Gasteiger partial charge in [-0.25, -0.2) is 9.97 Å². The standard InChI is InChI=1S/C14H17N3O/c1-10-4-3-5-11(6-10)7-14-16-12(9-18-2)8-13(15)17-14/h3-6,8H,7,9H2,1-2H3,(H2,15,16,17). The van der Waals surface area contributed by atoms with Gasteiger partial charge >= 0.3 is 0 Å². The normalized spacial score (nSPS) is 10.6. The third-order valence-electron chi connectivity index (χ3n) is 2.58. The Morgan fingerprint density at radius 2 is 2.06 bits per heavy atom. The maximum atomic E-state index is 5.77. The molecule has 1 aromatic heterocycles. The lowest BCUT2D eigenvalue weighted by Crippen LogP contribution is -2.05. The number of nitrogen functional groups attached to an aromatic ring is 1. The number of anilines is 1. The first-order valence-corrected chi connectivity index (χ1v) is 5.84. The molecule has 0 atom stereocenters. The van der Waals surface area contributed by atoms with E-state index >= 15 is 0 Å². The quantitative estimate of drug-likeness (QED) is 0.893. The van der Waals surface area contributed by atoms with Crippen LogP contribution in [0, 0.1) is 6.92 Å². The first kappa shape index (κ1) is 12.5. The number of hydrogen-bond donors (Lipinski definition) is 1. The molecule has 0 bridgehead atoms. The molecule has 0 fully saturated rings. The van der Waals surface area contributed by atoms with Crippen molar-refractivity contribution in [3.8, 4) is 0 Å². The summed E-state index contributed by atoms with van der Waals surface area (Å²) in [4.78, 5) is 8.68. The molecule has 94 valence electrons. The van der Waals surface area contributed by atoms with E-state index in [1.165, 1.54) is 11.1 Å². The van der Waals surface area contributed by atoms with Crippen molar-refractivity contribution in [1.82, 2.24) is 9.97 Å². The van der Waals surface area contributed by atoms with Crippen molar-refractivity contribution < 1.29 is 4.74 Å². The molecule has 0 aliphatic rings. The van der Waals surface area contributed by atoms with Crippen LogP contribution in [0.1, 0.15) is 22.6 Å². The van der Waals surface area contributed by atoms with Crippen LogP contribution in [0.5, 0.6) is 0 Å². The van der Waals surface area contributed by atoms with Crippen LogP contribution >= 0.6 is 0 Å². The van der Waals surface area contributed by atoms with Crippen molar-refractivity contribution in [2.75, 3.05) is 12.8 Å². The van der Waals surface area contributed by atoms with Gasteiger partial charge in [0.25, 0.3) is 0 Å². The number of methoxy groups -OCH3 is 1. The third kappa shape index (κ3) is 3.28. The first-order chi connectivity index (χ1) is 8.67.